The minimum Gasteiger partial charge on any atom is -0.508 e. The number of benzene rings is 2. The molecule has 1 aromatic heterocycles. The first-order valence-corrected chi connectivity index (χ1v) is 8.16. The number of hydrogen-bond donors (Lipinski definition) is 1. The van der Waals surface area contributed by atoms with Gasteiger partial charge in [-0.25, -0.2) is 0 Å². The number of rotatable bonds is 3. The van der Waals surface area contributed by atoms with E-state index in [0.29, 0.717) is 11.8 Å². The van der Waals surface area contributed by atoms with Gasteiger partial charge in [0.1, 0.15) is 5.75 Å². The molecule has 0 amide bonds. The van der Waals surface area contributed by atoms with Gasteiger partial charge < -0.3 is 5.11 Å². The summed E-state index contributed by atoms with van der Waals surface area (Å²) in [5, 5.41) is 12.5. The van der Waals surface area contributed by atoms with Crippen LogP contribution in [0, 0.1) is 0 Å². The molecule has 1 saturated heterocycles. The third kappa shape index (κ3) is 2.68. The topological polar surface area (TPSA) is 36.4 Å². The average molecular weight is 304 g/mol. The van der Waals surface area contributed by atoms with Gasteiger partial charge in [0.2, 0.25) is 0 Å². The zero-order chi connectivity index (χ0) is 15.6. The second kappa shape index (κ2) is 6.01. The van der Waals surface area contributed by atoms with E-state index in [-0.39, 0.29) is 0 Å². The third-order valence-corrected chi connectivity index (χ3v) is 4.82. The van der Waals surface area contributed by atoms with Gasteiger partial charge in [-0.3, -0.25) is 9.88 Å². The maximum Gasteiger partial charge on any atom is 0.120 e. The molecule has 4 rings (SSSR count). The van der Waals surface area contributed by atoms with E-state index in [4.69, 9.17) is 0 Å². The van der Waals surface area contributed by atoms with Crippen LogP contribution in [0.3, 0.4) is 0 Å². The van der Waals surface area contributed by atoms with Gasteiger partial charge in [-0.1, -0.05) is 36.4 Å². The average Bonchev–Trinajstić information content (AvgIpc) is 3.06. The molecule has 116 valence electrons. The van der Waals surface area contributed by atoms with Crippen LogP contribution < -0.4 is 0 Å². The molecule has 23 heavy (non-hydrogen) atoms. The zero-order valence-electron chi connectivity index (χ0n) is 13.0. The molecule has 1 N–H and O–H groups in total. The zero-order valence-corrected chi connectivity index (χ0v) is 13.0. The van der Waals surface area contributed by atoms with Crippen LogP contribution in [0.1, 0.15) is 30.0 Å². The number of hydrogen-bond acceptors (Lipinski definition) is 3. The second-order valence-corrected chi connectivity index (χ2v) is 6.20. The smallest absolute Gasteiger partial charge is 0.120 e. The molecule has 0 radical (unpaired) electrons. The van der Waals surface area contributed by atoms with Crippen LogP contribution in [-0.4, -0.2) is 21.5 Å². The van der Waals surface area contributed by atoms with Crippen molar-refractivity contribution < 1.29 is 5.11 Å². The van der Waals surface area contributed by atoms with Crippen molar-refractivity contribution in [2.24, 2.45) is 0 Å². The summed E-state index contributed by atoms with van der Waals surface area (Å²) < 4.78 is 0. The largest absolute Gasteiger partial charge is 0.508 e. The normalized spacial score (nSPS) is 18.5. The number of phenolic OH excluding ortho intramolecular Hbond substituents is 1. The first-order valence-electron chi connectivity index (χ1n) is 8.16. The first-order chi connectivity index (χ1) is 11.3. The predicted octanol–water partition coefficient (Wildman–Crippen LogP) is 4.28. The Morgan fingerprint density at radius 1 is 1.09 bits per heavy atom. The molecule has 0 saturated carbocycles. The standard InChI is InChI=1S/C20H20N2O/c23-20-9-8-15-10-11-21-13-17(15)18(20)14-22-12-4-7-19(22)16-5-2-1-3-6-16/h1-3,5-6,8-11,13,19,23H,4,7,12,14H2. The van der Waals surface area contributed by atoms with Crippen LogP contribution in [0.2, 0.25) is 0 Å². The lowest BCUT2D eigenvalue weighted by Gasteiger charge is -2.25. The monoisotopic (exact) mass is 304 g/mol. The van der Waals surface area contributed by atoms with Gasteiger partial charge in [-0.15, -0.1) is 0 Å². The van der Waals surface area contributed by atoms with Crippen LogP contribution >= 0.6 is 0 Å². The van der Waals surface area contributed by atoms with Gasteiger partial charge >= 0.3 is 0 Å². The number of nitrogens with zero attached hydrogens (tertiary/aromatic N) is 2. The fourth-order valence-electron chi connectivity index (χ4n) is 3.65. The summed E-state index contributed by atoms with van der Waals surface area (Å²) in [5.41, 5.74) is 2.35. The Labute approximate surface area is 136 Å². The quantitative estimate of drug-likeness (QED) is 0.784. The molecule has 3 heteroatoms. The highest BCUT2D eigenvalue weighted by Gasteiger charge is 2.26. The molecule has 0 aliphatic carbocycles. The van der Waals surface area contributed by atoms with Crippen molar-refractivity contribution in [1.82, 2.24) is 9.88 Å². The lowest BCUT2D eigenvalue weighted by atomic mass is 10.0. The van der Waals surface area contributed by atoms with Crippen LogP contribution in [0.4, 0.5) is 0 Å². The maximum absolute atomic E-state index is 10.4. The first kappa shape index (κ1) is 14.2. The van der Waals surface area contributed by atoms with Gasteiger partial charge in [0.05, 0.1) is 0 Å². The van der Waals surface area contributed by atoms with E-state index >= 15 is 0 Å². The molecule has 3 nitrogen and oxygen atoms in total. The van der Waals surface area contributed by atoms with Crippen molar-refractivity contribution in [2.75, 3.05) is 6.54 Å². The van der Waals surface area contributed by atoms with Crippen molar-refractivity contribution >= 4 is 10.8 Å². The number of pyridine rings is 1. The highest BCUT2D eigenvalue weighted by atomic mass is 16.3. The number of phenols is 1. The Balaban J connectivity index is 1.69. The molecule has 2 aromatic carbocycles. The van der Waals surface area contributed by atoms with Gasteiger partial charge in [-0.05, 0) is 42.5 Å². The van der Waals surface area contributed by atoms with Crippen LogP contribution in [0.15, 0.2) is 60.9 Å². The summed E-state index contributed by atoms with van der Waals surface area (Å²) in [6, 6.07) is 16.8. The molecular weight excluding hydrogens is 284 g/mol. The fraction of sp³-hybridized carbons (Fsp3) is 0.250. The Hall–Kier alpha value is -2.39. The van der Waals surface area contributed by atoms with Crippen molar-refractivity contribution in [3.8, 4) is 5.75 Å². The number of aromatic nitrogens is 1. The molecule has 0 spiro atoms. The molecule has 0 bridgehead atoms. The summed E-state index contributed by atoms with van der Waals surface area (Å²) in [6.45, 7) is 1.82. The third-order valence-electron chi connectivity index (χ3n) is 4.82. The number of likely N-dealkylation sites (tertiary alicyclic amines) is 1. The van der Waals surface area contributed by atoms with Gasteiger partial charge in [-0.2, -0.15) is 0 Å². The number of aromatic hydroxyl groups is 1. The highest BCUT2D eigenvalue weighted by molar-refractivity contribution is 5.86. The Morgan fingerprint density at radius 3 is 2.83 bits per heavy atom. The number of fused-ring (bicyclic) bond motifs is 1. The Morgan fingerprint density at radius 2 is 1.96 bits per heavy atom. The Kier molecular flexibility index (Phi) is 3.72. The van der Waals surface area contributed by atoms with E-state index in [1.54, 1.807) is 12.3 Å². The Bertz CT molecular complexity index is 816. The van der Waals surface area contributed by atoms with Crippen LogP contribution in [-0.2, 0) is 6.54 Å². The summed E-state index contributed by atoms with van der Waals surface area (Å²) in [5.74, 6) is 0.365. The van der Waals surface area contributed by atoms with Gasteiger partial charge in [0, 0.05) is 35.9 Å². The van der Waals surface area contributed by atoms with E-state index in [0.717, 1.165) is 29.4 Å². The van der Waals surface area contributed by atoms with E-state index in [9.17, 15) is 5.11 Å². The maximum atomic E-state index is 10.4. The minimum absolute atomic E-state index is 0.365. The van der Waals surface area contributed by atoms with E-state index in [1.165, 1.54) is 18.4 Å². The summed E-state index contributed by atoms with van der Waals surface area (Å²) >= 11 is 0. The van der Waals surface area contributed by atoms with Gasteiger partial charge in [0.15, 0.2) is 0 Å². The predicted molar refractivity (Wildman–Crippen MR) is 92.2 cm³/mol. The highest BCUT2D eigenvalue weighted by Crippen LogP contribution is 2.36. The lowest BCUT2D eigenvalue weighted by Crippen LogP contribution is -2.23. The fourth-order valence-corrected chi connectivity index (χ4v) is 3.65. The molecule has 1 unspecified atom stereocenters. The SMILES string of the molecule is Oc1ccc2ccncc2c1CN1CCCC1c1ccccc1. The molecule has 2 heterocycles. The molecular formula is C20H20N2O. The molecule has 1 aliphatic rings. The van der Waals surface area contributed by atoms with E-state index in [1.807, 2.05) is 18.3 Å². The van der Waals surface area contributed by atoms with Crippen LogP contribution in [0.25, 0.3) is 10.8 Å². The van der Waals surface area contributed by atoms with E-state index in [2.05, 4.69) is 40.2 Å². The molecule has 1 atom stereocenters. The lowest BCUT2D eigenvalue weighted by molar-refractivity contribution is 0.246. The second-order valence-electron chi connectivity index (χ2n) is 6.20. The molecule has 1 aliphatic heterocycles. The summed E-state index contributed by atoms with van der Waals surface area (Å²) in [4.78, 5) is 6.71. The summed E-state index contributed by atoms with van der Waals surface area (Å²) in [7, 11) is 0. The summed E-state index contributed by atoms with van der Waals surface area (Å²) in [6.07, 6.45) is 6.03. The van der Waals surface area contributed by atoms with Crippen molar-refractivity contribution in [3.05, 3.63) is 72.1 Å². The van der Waals surface area contributed by atoms with Gasteiger partial charge in [0.25, 0.3) is 0 Å². The molecule has 3 aromatic rings. The minimum atomic E-state index is 0.365. The van der Waals surface area contributed by atoms with Crippen molar-refractivity contribution in [3.63, 3.8) is 0 Å². The van der Waals surface area contributed by atoms with Crippen molar-refractivity contribution in [1.29, 1.82) is 0 Å². The van der Waals surface area contributed by atoms with Crippen LogP contribution in [0.5, 0.6) is 5.75 Å². The molecule has 1 fully saturated rings. The van der Waals surface area contributed by atoms with Crippen molar-refractivity contribution in [2.45, 2.75) is 25.4 Å². The van der Waals surface area contributed by atoms with E-state index < -0.39 is 0 Å².